The summed E-state index contributed by atoms with van der Waals surface area (Å²) in [5.41, 5.74) is 3.51. The Hall–Kier alpha value is -1.81. The number of hydrogen-bond acceptors (Lipinski definition) is 4. The molecular weight excluding hydrogens is 503 g/mol. The first kappa shape index (κ1) is 25.5. The number of benzene rings is 1. The molecule has 1 aromatic carbocycles. The summed E-state index contributed by atoms with van der Waals surface area (Å²) in [6.45, 7) is 7.12. The van der Waals surface area contributed by atoms with Crippen molar-refractivity contribution in [3.8, 4) is 5.75 Å². The smallest absolute Gasteiger partial charge is 0.191 e. The van der Waals surface area contributed by atoms with Crippen LogP contribution in [0, 0.1) is 12.8 Å². The molecule has 0 radical (unpaired) electrons. The molecule has 2 N–H and O–H groups in total. The number of ether oxygens (including phenoxy) is 1. The van der Waals surface area contributed by atoms with Gasteiger partial charge >= 0.3 is 0 Å². The molecule has 0 amide bonds. The van der Waals surface area contributed by atoms with Gasteiger partial charge < -0.3 is 20.3 Å². The van der Waals surface area contributed by atoms with E-state index in [1.165, 1.54) is 24.0 Å². The molecule has 1 aromatic heterocycles. The van der Waals surface area contributed by atoms with E-state index in [9.17, 15) is 0 Å². The van der Waals surface area contributed by atoms with E-state index >= 15 is 0 Å². The van der Waals surface area contributed by atoms with Gasteiger partial charge in [-0.05, 0) is 58.3 Å². The number of nitrogens with zero attached hydrogens (tertiary/aromatic N) is 4. The Balaban J connectivity index is 0.00000341. The van der Waals surface area contributed by atoms with Crippen LogP contribution in [-0.4, -0.2) is 54.4 Å². The normalized spacial score (nSPS) is 14.8. The first-order valence-electron chi connectivity index (χ1n) is 10.9. The van der Waals surface area contributed by atoms with Gasteiger partial charge in [-0.15, -0.1) is 24.0 Å². The molecule has 31 heavy (non-hydrogen) atoms. The van der Waals surface area contributed by atoms with Crippen molar-refractivity contribution in [2.24, 2.45) is 18.0 Å². The molecule has 8 heteroatoms. The van der Waals surface area contributed by atoms with Gasteiger partial charge in [-0.25, -0.2) is 4.99 Å². The highest BCUT2D eigenvalue weighted by atomic mass is 127. The molecular formula is C23H37IN6O. The fourth-order valence-corrected chi connectivity index (χ4v) is 3.33. The number of guanidine groups is 1. The maximum atomic E-state index is 6.10. The van der Waals surface area contributed by atoms with Crippen molar-refractivity contribution >= 4 is 29.9 Å². The summed E-state index contributed by atoms with van der Waals surface area (Å²) >= 11 is 0. The lowest BCUT2D eigenvalue weighted by Crippen LogP contribution is -2.41. The lowest BCUT2D eigenvalue weighted by molar-refractivity contribution is 0.296. The van der Waals surface area contributed by atoms with E-state index in [1.807, 2.05) is 17.9 Å². The van der Waals surface area contributed by atoms with E-state index in [-0.39, 0.29) is 30.0 Å². The van der Waals surface area contributed by atoms with Crippen LogP contribution in [-0.2, 0) is 13.6 Å². The quantitative estimate of drug-likeness (QED) is 0.275. The predicted molar refractivity (Wildman–Crippen MR) is 137 cm³/mol. The lowest BCUT2D eigenvalue weighted by atomic mass is 10.1. The summed E-state index contributed by atoms with van der Waals surface area (Å²) in [4.78, 5) is 7.01. The zero-order valence-electron chi connectivity index (χ0n) is 19.4. The molecule has 1 aliphatic carbocycles. The van der Waals surface area contributed by atoms with Gasteiger partial charge in [0.2, 0.25) is 0 Å². The number of hydrogen-bond donors (Lipinski definition) is 2. The Bertz CT molecular complexity index is 846. The molecule has 1 atom stereocenters. The van der Waals surface area contributed by atoms with Crippen LogP contribution in [0.3, 0.4) is 0 Å². The molecule has 2 aromatic rings. The Morgan fingerprint density at radius 2 is 2.10 bits per heavy atom. The summed E-state index contributed by atoms with van der Waals surface area (Å²) in [5.74, 6) is 2.50. The highest BCUT2D eigenvalue weighted by Gasteiger charge is 2.22. The third kappa shape index (κ3) is 7.99. The highest BCUT2D eigenvalue weighted by Crippen LogP contribution is 2.31. The van der Waals surface area contributed by atoms with Gasteiger partial charge in [-0.2, -0.15) is 5.10 Å². The monoisotopic (exact) mass is 540 g/mol. The Kier molecular flexibility index (Phi) is 10.1. The molecule has 0 saturated heterocycles. The fourth-order valence-electron chi connectivity index (χ4n) is 3.33. The average molecular weight is 540 g/mol. The molecule has 1 heterocycles. The van der Waals surface area contributed by atoms with Crippen molar-refractivity contribution < 1.29 is 4.74 Å². The van der Waals surface area contributed by atoms with E-state index in [4.69, 9.17) is 9.73 Å². The minimum Gasteiger partial charge on any atom is -0.493 e. The van der Waals surface area contributed by atoms with Crippen molar-refractivity contribution in [3.05, 3.63) is 47.3 Å². The first-order chi connectivity index (χ1) is 14.5. The largest absolute Gasteiger partial charge is 0.493 e. The van der Waals surface area contributed by atoms with Gasteiger partial charge in [0.25, 0.3) is 0 Å². The van der Waals surface area contributed by atoms with Gasteiger partial charge in [0.05, 0.1) is 25.4 Å². The summed E-state index contributed by atoms with van der Waals surface area (Å²) in [6.07, 6.45) is 6.56. The second-order valence-electron chi connectivity index (χ2n) is 8.37. The fraction of sp³-hybridized carbons (Fsp3) is 0.565. The molecule has 1 fully saturated rings. The van der Waals surface area contributed by atoms with E-state index < -0.39 is 0 Å². The number of likely N-dealkylation sites (N-methyl/N-ethyl adjacent to an activating group) is 1. The van der Waals surface area contributed by atoms with E-state index in [0.717, 1.165) is 42.9 Å². The number of nitrogens with one attached hydrogen (secondary N) is 2. The van der Waals surface area contributed by atoms with Gasteiger partial charge in [0, 0.05) is 37.5 Å². The van der Waals surface area contributed by atoms with Crippen LogP contribution in [0.15, 0.2) is 35.6 Å². The van der Waals surface area contributed by atoms with Crippen LogP contribution >= 0.6 is 24.0 Å². The first-order valence-corrected chi connectivity index (χ1v) is 10.9. The third-order valence-corrected chi connectivity index (χ3v) is 5.34. The number of aromatic nitrogens is 2. The summed E-state index contributed by atoms with van der Waals surface area (Å²) < 4.78 is 7.94. The molecule has 172 valence electrons. The average Bonchev–Trinajstić information content (AvgIpc) is 3.44. The van der Waals surface area contributed by atoms with E-state index in [1.54, 1.807) is 0 Å². The zero-order valence-corrected chi connectivity index (χ0v) is 21.7. The van der Waals surface area contributed by atoms with Crippen LogP contribution < -0.4 is 15.4 Å². The zero-order chi connectivity index (χ0) is 21.5. The van der Waals surface area contributed by atoms with Crippen molar-refractivity contribution in [3.63, 3.8) is 0 Å². The molecule has 1 aliphatic rings. The Labute approximate surface area is 203 Å². The number of rotatable bonds is 10. The van der Waals surface area contributed by atoms with Gasteiger partial charge in [-0.3, -0.25) is 4.68 Å². The van der Waals surface area contributed by atoms with Crippen molar-refractivity contribution in [1.29, 1.82) is 0 Å². The highest BCUT2D eigenvalue weighted by molar-refractivity contribution is 14.0. The standard InChI is InChI=1S/C23H36N6O.HI/c1-6-24-23(26-14-21(28(3)4)20-13-27-29(5)15-20)25-12-19-10-7-17(2)11-22(19)30-16-18-8-9-18;/h7,10-11,13,15,18,21H,6,8-9,12,14,16H2,1-5H3,(H2,24,25,26);1H. The Morgan fingerprint density at radius 3 is 2.71 bits per heavy atom. The van der Waals surface area contributed by atoms with Crippen molar-refractivity contribution in [2.75, 3.05) is 33.8 Å². The number of aliphatic imine (C=N–C) groups is 1. The van der Waals surface area contributed by atoms with Crippen LogP contribution in [0.4, 0.5) is 0 Å². The molecule has 7 nitrogen and oxygen atoms in total. The van der Waals surface area contributed by atoms with E-state index in [2.05, 4.69) is 73.0 Å². The van der Waals surface area contributed by atoms with Crippen LogP contribution in [0.1, 0.15) is 42.5 Å². The third-order valence-electron chi connectivity index (χ3n) is 5.34. The molecule has 0 bridgehead atoms. The molecule has 3 rings (SSSR count). The van der Waals surface area contributed by atoms with Crippen molar-refractivity contribution in [1.82, 2.24) is 25.3 Å². The second kappa shape index (κ2) is 12.3. The van der Waals surface area contributed by atoms with Gasteiger partial charge in [-0.1, -0.05) is 12.1 Å². The summed E-state index contributed by atoms with van der Waals surface area (Å²) in [7, 11) is 6.11. The number of halogens is 1. The Morgan fingerprint density at radius 1 is 1.32 bits per heavy atom. The molecule has 1 saturated carbocycles. The second-order valence-corrected chi connectivity index (χ2v) is 8.37. The van der Waals surface area contributed by atoms with Crippen LogP contribution in [0.25, 0.3) is 0 Å². The predicted octanol–water partition coefficient (Wildman–Crippen LogP) is 3.49. The maximum absolute atomic E-state index is 6.10. The summed E-state index contributed by atoms with van der Waals surface area (Å²) in [5, 5.41) is 11.2. The molecule has 0 spiro atoms. The maximum Gasteiger partial charge on any atom is 0.191 e. The lowest BCUT2D eigenvalue weighted by Gasteiger charge is -2.24. The molecule has 1 unspecified atom stereocenters. The topological polar surface area (TPSA) is 66.7 Å². The SMILES string of the molecule is CCNC(=NCc1ccc(C)cc1OCC1CC1)NCC(c1cnn(C)c1)N(C)C.I. The van der Waals surface area contributed by atoms with Gasteiger partial charge in [0.1, 0.15) is 5.75 Å². The van der Waals surface area contributed by atoms with Crippen molar-refractivity contribution in [2.45, 2.75) is 39.3 Å². The van der Waals surface area contributed by atoms with E-state index in [0.29, 0.717) is 6.54 Å². The number of aryl methyl sites for hydroxylation is 2. The minimum atomic E-state index is 0. The van der Waals surface area contributed by atoms with Crippen LogP contribution in [0.2, 0.25) is 0 Å². The summed E-state index contributed by atoms with van der Waals surface area (Å²) in [6, 6.07) is 6.58. The molecule has 0 aliphatic heterocycles. The van der Waals surface area contributed by atoms with Crippen LogP contribution in [0.5, 0.6) is 5.75 Å². The minimum absolute atomic E-state index is 0. The van der Waals surface area contributed by atoms with Gasteiger partial charge in [0.15, 0.2) is 5.96 Å².